The molecule has 0 aromatic heterocycles. The van der Waals surface area contributed by atoms with Crippen molar-refractivity contribution in [1.82, 2.24) is 0 Å². The predicted molar refractivity (Wildman–Crippen MR) is 92.6 cm³/mol. The summed E-state index contributed by atoms with van der Waals surface area (Å²) in [4.78, 5) is 0. The van der Waals surface area contributed by atoms with Gasteiger partial charge in [-0.2, -0.15) is 0 Å². The molecule has 1 unspecified atom stereocenters. The van der Waals surface area contributed by atoms with E-state index in [1.54, 1.807) is 6.08 Å². The van der Waals surface area contributed by atoms with Crippen LogP contribution < -0.4 is 0 Å². The molecule has 0 aromatic rings. The Bertz CT molecular complexity index is 317. The zero-order valence-corrected chi connectivity index (χ0v) is 19.2. The summed E-state index contributed by atoms with van der Waals surface area (Å²) in [5.41, 5.74) is 0. The van der Waals surface area contributed by atoms with Gasteiger partial charge < -0.3 is 5.11 Å². The van der Waals surface area contributed by atoms with Crippen LogP contribution in [0.5, 0.6) is 0 Å². The highest BCUT2D eigenvalue weighted by Crippen LogP contribution is 2.70. The molecular weight excluding hydrogens is 727 g/mol. The quantitative estimate of drug-likeness (QED) is 0.312. The number of hydrogen-bond donors (Lipinski definition) is 1. The molecule has 1 aliphatic rings. The number of halogens is 8. The van der Waals surface area contributed by atoms with E-state index in [4.69, 9.17) is 0 Å². The Hall–Kier alpha value is 3.54. The van der Waals surface area contributed by atoms with Crippen LogP contribution in [0.2, 0.25) is 0 Å². The molecule has 1 atom stereocenters. The largest absolute Gasteiger partial charge is 0.373 e. The van der Waals surface area contributed by atoms with Crippen LogP contribution in [0, 0.1) is 0 Å². The minimum absolute atomic E-state index is 0.625. The molecule has 1 nitrogen and oxygen atoms in total. The van der Waals surface area contributed by atoms with Crippen molar-refractivity contribution in [3.8, 4) is 0 Å². The van der Waals surface area contributed by atoms with E-state index in [0.29, 0.717) is 0 Å². The standard InChI is InChI=1S/C6H2Br8O/c7-2-1-3(8,15)5(11,12)6(13,14)4(2,9)10/h1,15H. The van der Waals surface area contributed by atoms with Gasteiger partial charge in [-0.3, -0.25) is 0 Å². The first-order valence-electron chi connectivity index (χ1n) is 3.31. The Morgan fingerprint density at radius 2 is 1.27 bits per heavy atom. The summed E-state index contributed by atoms with van der Waals surface area (Å²) in [5, 5.41) is 10.3. The zero-order valence-electron chi connectivity index (χ0n) is 6.55. The lowest BCUT2D eigenvalue weighted by Gasteiger charge is -2.51. The molecule has 1 N–H and O–H groups in total. The van der Waals surface area contributed by atoms with Crippen molar-refractivity contribution >= 4 is 127 Å². The fraction of sp³-hybridized carbons (Fsp3) is 0.667. The van der Waals surface area contributed by atoms with Crippen molar-refractivity contribution in [1.29, 1.82) is 0 Å². The highest BCUT2D eigenvalue weighted by molar-refractivity contribution is 9.33. The molecule has 0 amide bonds. The Morgan fingerprint density at radius 1 is 0.867 bits per heavy atom. The maximum absolute atomic E-state index is 10.3. The van der Waals surface area contributed by atoms with Gasteiger partial charge in [0.25, 0.3) is 0 Å². The van der Waals surface area contributed by atoms with Gasteiger partial charge in [0.05, 0.1) is 0 Å². The van der Waals surface area contributed by atoms with Crippen molar-refractivity contribution in [3.63, 3.8) is 0 Å². The van der Waals surface area contributed by atoms with Crippen LogP contribution in [0.3, 0.4) is 0 Å². The van der Waals surface area contributed by atoms with Gasteiger partial charge in [0.2, 0.25) is 0 Å². The molecule has 0 spiro atoms. The van der Waals surface area contributed by atoms with E-state index in [1.807, 2.05) is 0 Å². The highest BCUT2D eigenvalue weighted by Gasteiger charge is 2.68. The van der Waals surface area contributed by atoms with Crippen LogP contribution in [0.25, 0.3) is 0 Å². The van der Waals surface area contributed by atoms with E-state index < -0.39 is 14.2 Å². The normalized spacial score (nSPS) is 37.3. The molecule has 1 rings (SSSR count). The molecule has 0 aliphatic heterocycles. The zero-order chi connectivity index (χ0) is 12.3. The van der Waals surface area contributed by atoms with Gasteiger partial charge in [0.1, 0.15) is 6.47 Å². The Balaban J connectivity index is 3.49. The molecule has 9 heteroatoms. The van der Waals surface area contributed by atoms with Crippen molar-refractivity contribution in [3.05, 3.63) is 10.6 Å². The molecule has 0 saturated carbocycles. The monoisotopic (exact) mass is 721 g/mol. The lowest BCUT2D eigenvalue weighted by atomic mass is 10.0. The van der Waals surface area contributed by atoms with E-state index in [1.165, 1.54) is 0 Å². The van der Waals surface area contributed by atoms with Crippen LogP contribution >= 0.6 is 127 Å². The molecule has 0 aromatic carbocycles. The van der Waals surface area contributed by atoms with Gasteiger partial charge in [-0.1, -0.05) is 112 Å². The summed E-state index contributed by atoms with van der Waals surface area (Å²) in [6, 6.07) is 0. The Labute approximate surface area is 155 Å². The SMILES string of the molecule is OC1(Br)C=C(Br)C(Br)(Br)C(Br)(Br)C1(Br)Br. The molecule has 15 heavy (non-hydrogen) atoms. The highest BCUT2D eigenvalue weighted by atomic mass is 79.9. The summed E-state index contributed by atoms with van der Waals surface area (Å²) >= 11 is 27.6. The van der Waals surface area contributed by atoms with Crippen molar-refractivity contribution in [2.45, 2.75) is 14.2 Å². The fourth-order valence-corrected chi connectivity index (χ4v) is 7.19. The van der Waals surface area contributed by atoms with Crippen molar-refractivity contribution in [2.24, 2.45) is 0 Å². The average molecular weight is 729 g/mol. The Morgan fingerprint density at radius 3 is 1.67 bits per heavy atom. The van der Waals surface area contributed by atoms with Crippen molar-refractivity contribution < 1.29 is 5.11 Å². The minimum atomic E-state index is -1.28. The minimum Gasteiger partial charge on any atom is -0.373 e. The smallest absolute Gasteiger partial charge is 0.166 e. The van der Waals surface area contributed by atoms with Gasteiger partial charge in [0, 0.05) is 4.48 Å². The maximum atomic E-state index is 10.3. The van der Waals surface area contributed by atoms with E-state index in [2.05, 4.69) is 127 Å². The number of aliphatic hydroxyl groups is 1. The van der Waals surface area contributed by atoms with Gasteiger partial charge in [-0.25, -0.2) is 0 Å². The first-order valence-corrected chi connectivity index (χ1v) is 9.66. The third-order valence-corrected chi connectivity index (χ3v) is 16.7. The summed E-state index contributed by atoms with van der Waals surface area (Å²) in [5.74, 6) is 0. The second-order valence-corrected chi connectivity index (χ2v) is 15.3. The van der Waals surface area contributed by atoms with E-state index in [9.17, 15) is 5.11 Å². The third kappa shape index (κ3) is 2.45. The molecule has 88 valence electrons. The topological polar surface area (TPSA) is 20.2 Å². The number of hydrogen-bond acceptors (Lipinski definition) is 1. The molecule has 0 heterocycles. The van der Waals surface area contributed by atoms with Crippen LogP contribution in [0.15, 0.2) is 10.6 Å². The van der Waals surface area contributed by atoms with E-state index in [0.717, 1.165) is 4.48 Å². The molecular formula is C6H2Br8O. The number of alkyl halides is 7. The molecule has 0 radical (unpaired) electrons. The van der Waals surface area contributed by atoms with Crippen molar-refractivity contribution in [2.75, 3.05) is 0 Å². The lowest BCUT2D eigenvalue weighted by Crippen LogP contribution is -2.60. The summed E-state index contributed by atoms with van der Waals surface area (Å²) < 4.78 is -2.80. The third-order valence-electron chi connectivity index (χ3n) is 1.85. The molecule has 0 bridgehead atoms. The summed E-state index contributed by atoms with van der Waals surface area (Å²) in [6.07, 6.45) is 1.63. The predicted octanol–water partition coefficient (Wildman–Crippen LogP) is 5.82. The molecule has 0 saturated heterocycles. The second-order valence-electron chi connectivity index (χ2n) is 2.89. The van der Waals surface area contributed by atoms with Gasteiger partial charge >= 0.3 is 0 Å². The van der Waals surface area contributed by atoms with Gasteiger partial charge in [-0.15, -0.1) is 0 Å². The summed E-state index contributed by atoms with van der Waals surface area (Å²) in [7, 11) is 0. The Kier molecular flexibility index (Phi) is 5.34. The lowest BCUT2D eigenvalue weighted by molar-refractivity contribution is 0.176. The number of rotatable bonds is 0. The van der Waals surface area contributed by atoms with E-state index in [-0.39, 0.29) is 0 Å². The number of allylic oxidation sites excluding steroid dienone is 1. The molecule has 1 aliphatic carbocycles. The van der Waals surface area contributed by atoms with Crippen LogP contribution in [0.1, 0.15) is 0 Å². The van der Waals surface area contributed by atoms with Crippen LogP contribution in [-0.2, 0) is 0 Å². The van der Waals surface area contributed by atoms with Crippen LogP contribution in [-0.4, -0.2) is 19.3 Å². The average Bonchev–Trinajstić information content (AvgIpc) is 2.00. The van der Waals surface area contributed by atoms with E-state index >= 15 is 0 Å². The van der Waals surface area contributed by atoms with Crippen LogP contribution in [0.4, 0.5) is 0 Å². The first kappa shape index (κ1) is 16.6. The first-order chi connectivity index (χ1) is 6.38. The van der Waals surface area contributed by atoms with Gasteiger partial charge in [-0.05, 0) is 22.0 Å². The second kappa shape index (κ2) is 4.82. The fourth-order valence-electron chi connectivity index (χ4n) is 0.917. The molecule has 0 fully saturated rings. The van der Waals surface area contributed by atoms with Gasteiger partial charge in [0.15, 0.2) is 7.74 Å². The summed E-state index contributed by atoms with van der Waals surface area (Å²) in [6.45, 7) is 0. The maximum Gasteiger partial charge on any atom is 0.166 e.